The molecule has 0 aliphatic rings. The van der Waals surface area contributed by atoms with Crippen LogP contribution in [0.3, 0.4) is 0 Å². The van der Waals surface area contributed by atoms with Crippen LogP contribution in [0.5, 0.6) is 5.75 Å². The maximum Gasteiger partial charge on any atom is 0.306 e. The van der Waals surface area contributed by atoms with Crippen molar-refractivity contribution in [1.82, 2.24) is 0 Å². The van der Waals surface area contributed by atoms with Gasteiger partial charge in [-0.25, -0.2) is 0 Å². The van der Waals surface area contributed by atoms with Crippen LogP contribution in [0.15, 0.2) is 48.5 Å². The second-order valence-corrected chi connectivity index (χ2v) is 4.99. The van der Waals surface area contributed by atoms with Gasteiger partial charge in [0.2, 0.25) is 0 Å². The first-order valence-electron chi connectivity index (χ1n) is 7.92. The van der Waals surface area contributed by atoms with E-state index in [1.807, 2.05) is 63.2 Å². The van der Waals surface area contributed by atoms with Crippen molar-refractivity contribution in [3.8, 4) is 5.75 Å². The highest BCUT2D eigenvalue weighted by molar-refractivity contribution is 5.71. The summed E-state index contributed by atoms with van der Waals surface area (Å²) in [5, 5.41) is 0. The Hall–Kier alpha value is -2.29. The van der Waals surface area contributed by atoms with Crippen LogP contribution >= 0.6 is 0 Å². The van der Waals surface area contributed by atoms with E-state index in [9.17, 15) is 4.79 Å². The minimum atomic E-state index is -0.229. The normalized spacial score (nSPS) is 11.0. The summed E-state index contributed by atoms with van der Waals surface area (Å²) >= 11 is 0. The largest absolute Gasteiger partial charge is 0.496 e. The predicted molar refractivity (Wildman–Crippen MR) is 94.0 cm³/mol. The monoisotopic (exact) mass is 314 g/mol. The first-order valence-corrected chi connectivity index (χ1v) is 7.92. The lowest BCUT2D eigenvalue weighted by Crippen LogP contribution is -2.11. The van der Waals surface area contributed by atoms with Gasteiger partial charge in [0.1, 0.15) is 5.75 Å². The van der Waals surface area contributed by atoms with Gasteiger partial charge in [-0.3, -0.25) is 4.79 Å². The Bertz CT molecular complexity index is 606. The Labute approximate surface area is 139 Å². The van der Waals surface area contributed by atoms with Gasteiger partial charge in [0.15, 0.2) is 0 Å². The van der Waals surface area contributed by atoms with Crippen molar-refractivity contribution in [2.45, 2.75) is 33.1 Å². The minimum Gasteiger partial charge on any atom is -0.496 e. The molecule has 0 radical (unpaired) electrons. The van der Waals surface area contributed by atoms with Crippen LogP contribution < -0.4 is 4.74 Å². The van der Waals surface area contributed by atoms with Gasteiger partial charge in [0.25, 0.3) is 0 Å². The molecule has 124 valence electrons. The summed E-state index contributed by atoms with van der Waals surface area (Å²) in [6, 6.07) is 16.0. The van der Waals surface area contributed by atoms with E-state index in [1.54, 1.807) is 7.11 Å². The third-order valence-corrected chi connectivity index (χ3v) is 3.56. The second kappa shape index (κ2) is 9.67. The van der Waals surface area contributed by atoms with E-state index in [0.717, 1.165) is 22.4 Å². The maximum atomic E-state index is 11.8. The highest BCUT2D eigenvalue weighted by Gasteiger charge is 2.22. The molecule has 1 unspecified atom stereocenters. The molecule has 23 heavy (non-hydrogen) atoms. The van der Waals surface area contributed by atoms with Crippen LogP contribution in [0.2, 0.25) is 0 Å². The Morgan fingerprint density at radius 3 is 2.26 bits per heavy atom. The number of hydrogen-bond donors (Lipinski definition) is 0. The van der Waals surface area contributed by atoms with Gasteiger partial charge >= 0.3 is 5.97 Å². The predicted octanol–water partition coefficient (Wildman–Crippen LogP) is 4.72. The molecule has 0 aromatic heterocycles. The lowest BCUT2D eigenvalue weighted by atomic mass is 9.87. The topological polar surface area (TPSA) is 35.5 Å². The Morgan fingerprint density at radius 2 is 1.70 bits per heavy atom. The van der Waals surface area contributed by atoms with Gasteiger partial charge in [-0.2, -0.15) is 0 Å². The smallest absolute Gasteiger partial charge is 0.306 e. The molecule has 3 heteroatoms. The third kappa shape index (κ3) is 5.13. The average Bonchev–Trinajstić information content (AvgIpc) is 2.61. The van der Waals surface area contributed by atoms with E-state index in [-0.39, 0.29) is 11.9 Å². The molecular weight excluding hydrogens is 288 g/mol. The van der Waals surface area contributed by atoms with Crippen molar-refractivity contribution in [3.63, 3.8) is 0 Å². The molecular formula is C20H26O3. The molecule has 0 aliphatic carbocycles. The van der Waals surface area contributed by atoms with E-state index in [0.29, 0.717) is 6.42 Å². The van der Waals surface area contributed by atoms with Crippen molar-refractivity contribution in [3.05, 3.63) is 65.2 Å². The molecule has 3 nitrogen and oxygen atoms in total. The van der Waals surface area contributed by atoms with E-state index < -0.39 is 0 Å². The van der Waals surface area contributed by atoms with E-state index in [2.05, 4.69) is 6.07 Å². The van der Waals surface area contributed by atoms with Crippen molar-refractivity contribution in [1.29, 1.82) is 0 Å². The summed E-state index contributed by atoms with van der Waals surface area (Å²) in [6.45, 7) is 6.03. The number of carbonyl (C=O) groups excluding carboxylic acids is 1. The summed E-state index contributed by atoms with van der Waals surface area (Å²) in [4.78, 5) is 11.8. The zero-order valence-corrected chi connectivity index (χ0v) is 14.6. The minimum absolute atomic E-state index is 0.0755. The van der Waals surface area contributed by atoms with Crippen LogP contribution in [-0.4, -0.2) is 20.2 Å². The highest BCUT2D eigenvalue weighted by atomic mass is 16.5. The van der Waals surface area contributed by atoms with Crippen LogP contribution in [0, 0.1) is 6.92 Å². The van der Waals surface area contributed by atoms with Gasteiger partial charge in [-0.15, -0.1) is 0 Å². The van der Waals surface area contributed by atoms with Crippen molar-refractivity contribution in [2.24, 2.45) is 0 Å². The van der Waals surface area contributed by atoms with Crippen molar-refractivity contribution in [2.75, 3.05) is 14.2 Å². The number of aryl methyl sites for hydroxylation is 1. The Morgan fingerprint density at radius 1 is 1.04 bits per heavy atom. The molecule has 0 heterocycles. The summed E-state index contributed by atoms with van der Waals surface area (Å²) in [7, 11) is 3.06. The van der Waals surface area contributed by atoms with Gasteiger partial charge in [0, 0.05) is 11.5 Å². The first kappa shape index (κ1) is 18.8. The molecule has 1 atom stereocenters. The third-order valence-electron chi connectivity index (χ3n) is 3.56. The zero-order valence-electron chi connectivity index (χ0n) is 14.6. The number of methoxy groups -OCH3 is 2. The molecule has 0 amide bonds. The molecule has 2 rings (SSSR count). The highest BCUT2D eigenvalue weighted by Crippen LogP contribution is 2.35. The molecule has 2 aromatic rings. The van der Waals surface area contributed by atoms with Crippen molar-refractivity contribution >= 4 is 5.97 Å². The Balaban J connectivity index is 0.00000127. The number of ether oxygens (including phenoxy) is 2. The zero-order chi connectivity index (χ0) is 17.2. The fourth-order valence-electron chi connectivity index (χ4n) is 2.47. The number of benzene rings is 2. The van der Waals surface area contributed by atoms with Gasteiger partial charge in [-0.1, -0.05) is 61.9 Å². The van der Waals surface area contributed by atoms with Gasteiger partial charge < -0.3 is 9.47 Å². The average molecular weight is 314 g/mol. The molecule has 0 bridgehead atoms. The molecule has 0 saturated carbocycles. The number of rotatable bonds is 5. The van der Waals surface area contributed by atoms with Crippen molar-refractivity contribution < 1.29 is 14.3 Å². The quantitative estimate of drug-likeness (QED) is 0.749. The Kier molecular flexibility index (Phi) is 7.89. The molecule has 2 aromatic carbocycles. The number of esters is 1. The standard InChI is InChI=1S/C18H20O3.C2H6/c1-13-9-10-17(20-2)16(11-13)15(12-18(19)21-3)14-7-5-4-6-8-14;1-2/h4-11,15H,12H2,1-3H3;1-2H3. The summed E-state index contributed by atoms with van der Waals surface area (Å²) in [6.07, 6.45) is 0.292. The maximum absolute atomic E-state index is 11.8. The van der Waals surface area contributed by atoms with Crippen LogP contribution in [0.1, 0.15) is 42.9 Å². The number of hydrogen-bond acceptors (Lipinski definition) is 3. The molecule has 0 saturated heterocycles. The molecule has 0 N–H and O–H groups in total. The SMILES string of the molecule is CC.COC(=O)CC(c1ccccc1)c1cc(C)ccc1OC. The van der Waals surface area contributed by atoms with Crippen LogP contribution in [0.4, 0.5) is 0 Å². The summed E-state index contributed by atoms with van der Waals surface area (Å²) in [5.74, 6) is 0.485. The number of carbonyl (C=O) groups is 1. The first-order chi connectivity index (χ1) is 11.2. The summed E-state index contributed by atoms with van der Waals surface area (Å²) in [5.41, 5.74) is 3.22. The van der Waals surface area contributed by atoms with Crippen LogP contribution in [0.25, 0.3) is 0 Å². The van der Waals surface area contributed by atoms with E-state index >= 15 is 0 Å². The van der Waals surface area contributed by atoms with Gasteiger partial charge in [-0.05, 0) is 18.6 Å². The fraction of sp³-hybridized carbons (Fsp3) is 0.350. The van der Waals surface area contributed by atoms with Gasteiger partial charge in [0.05, 0.1) is 20.6 Å². The molecule has 0 aliphatic heterocycles. The van der Waals surface area contributed by atoms with E-state index in [1.165, 1.54) is 7.11 Å². The van der Waals surface area contributed by atoms with Crippen LogP contribution in [-0.2, 0) is 9.53 Å². The molecule has 0 fully saturated rings. The van der Waals surface area contributed by atoms with E-state index in [4.69, 9.17) is 9.47 Å². The second-order valence-electron chi connectivity index (χ2n) is 4.99. The fourth-order valence-corrected chi connectivity index (χ4v) is 2.47. The lowest BCUT2D eigenvalue weighted by Gasteiger charge is -2.20. The summed E-state index contributed by atoms with van der Waals surface area (Å²) < 4.78 is 10.3. The molecule has 0 spiro atoms. The lowest BCUT2D eigenvalue weighted by molar-refractivity contribution is -0.140.